The summed E-state index contributed by atoms with van der Waals surface area (Å²) in [6, 6.07) is 3.10. The van der Waals surface area contributed by atoms with Crippen molar-refractivity contribution < 1.29 is 0 Å². The minimum absolute atomic E-state index is 1.07. The predicted molar refractivity (Wildman–Crippen MR) is 86.0 cm³/mol. The highest BCUT2D eigenvalue weighted by Gasteiger charge is 2.37. The van der Waals surface area contributed by atoms with Crippen LogP contribution in [0.2, 0.25) is 38.3 Å². The molecule has 2 heteroatoms. The molecule has 0 aromatic rings. The van der Waals surface area contributed by atoms with Crippen LogP contribution in [0.5, 0.6) is 0 Å². The Hall–Kier alpha value is 0.174. The quantitative estimate of drug-likeness (QED) is 0.567. The summed E-state index contributed by atoms with van der Waals surface area (Å²) in [4.78, 5) is 0. The predicted octanol–water partition coefficient (Wildman–Crippen LogP) is 5.78. The Morgan fingerprint density at radius 3 is 1.41 bits per heavy atom. The zero-order valence-corrected chi connectivity index (χ0v) is 14.9. The summed E-state index contributed by atoms with van der Waals surface area (Å²) in [5.41, 5.74) is 0. The number of hydrogen-bond acceptors (Lipinski definition) is 0. The van der Waals surface area contributed by atoms with Crippen LogP contribution in [0.4, 0.5) is 0 Å². The highest BCUT2D eigenvalue weighted by molar-refractivity contribution is 6.91. The van der Waals surface area contributed by atoms with E-state index in [9.17, 15) is 0 Å². The van der Waals surface area contributed by atoms with Gasteiger partial charge in [0.15, 0.2) is 0 Å². The van der Waals surface area contributed by atoms with E-state index < -0.39 is 16.1 Å². The second kappa shape index (κ2) is 5.88. The van der Waals surface area contributed by atoms with Crippen LogP contribution in [0.25, 0.3) is 0 Å². The molecule has 0 aromatic heterocycles. The molecule has 0 radical (unpaired) electrons. The van der Waals surface area contributed by atoms with Crippen molar-refractivity contribution >= 4 is 16.1 Å². The Labute approximate surface area is 111 Å². The Balaban J connectivity index is 3.23. The minimum Gasteiger partial charge on any atom is -0.0853 e. The van der Waals surface area contributed by atoms with Gasteiger partial charge in [0.2, 0.25) is 0 Å². The SMILES string of the molecule is CCCC1=C(CCC)[Si](C)(C)CCC[Si]1(C)C. The van der Waals surface area contributed by atoms with Crippen LogP contribution in [-0.4, -0.2) is 16.1 Å². The molecule has 0 amide bonds. The Kier molecular flexibility index (Phi) is 5.27. The molecular weight excluding hydrogens is 236 g/mol. The highest BCUT2D eigenvalue weighted by Crippen LogP contribution is 2.40. The van der Waals surface area contributed by atoms with E-state index in [-0.39, 0.29) is 0 Å². The maximum atomic E-state index is 2.63. The molecule has 0 saturated heterocycles. The average Bonchev–Trinajstić information content (AvgIpc) is 2.28. The van der Waals surface area contributed by atoms with E-state index in [4.69, 9.17) is 0 Å². The van der Waals surface area contributed by atoms with Gasteiger partial charge in [-0.25, -0.2) is 0 Å². The highest BCUT2D eigenvalue weighted by atomic mass is 28.3. The van der Waals surface area contributed by atoms with Crippen molar-refractivity contribution in [2.45, 2.75) is 84.2 Å². The average molecular weight is 269 g/mol. The third-order valence-corrected chi connectivity index (χ3v) is 12.4. The van der Waals surface area contributed by atoms with Crippen LogP contribution >= 0.6 is 0 Å². The first kappa shape index (κ1) is 15.2. The van der Waals surface area contributed by atoms with Crippen LogP contribution in [0.15, 0.2) is 10.4 Å². The van der Waals surface area contributed by atoms with Gasteiger partial charge < -0.3 is 0 Å². The molecule has 1 rings (SSSR count). The van der Waals surface area contributed by atoms with Gasteiger partial charge in [-0.05, 0) is 12.8 Å². The third-order valence-electron chi connectivity index (χ3n) is 4.60. The van der Waals surface area contributed by atoms with E-state index in [1.807, 2.05) is 10.4 Å². The van der Waals surface area contributed by atoms with Gasteiger partial charge in [-0.1, -0.05) is 81.8 Å². The van der Waals surface area contributed by atoms with Gasteiger partial charge in [0, 0.05) is 0 Å². The largest absolute Gasteiger partial charge is 0.0853 e. The van der Waals surface area contributed by atoms with E-state index >= 15 is 0 Å². The monoisotopic (exact) mass is 268 g/mol. The van der Waals surface area contributed by atoms with Crippen LogP contribution in [0.1, 0.15) is 46.0 Å². The molecule has 100 valence electrons. The van der Waals surface area contributed by atoms with Crippen LogP contribution in [0.3, 0.4) is 0 Å². The Morgan fingerprint density at radius 1 is 0.765 bits per heavy atom. The third kappa shape index (κ3) is 3.57. The van der Waals surface area contributed by atoms with Crippen molar-refractivity contribution in [2.24, 2.45) is 0 Å². The summed E-state index contributed by atoms with van der Waals surface area (Å²) in [5, 5.41) is 3.99. The molecule has 0 spiro atoms. The molecule has 0 saturated carbocycles. The van der Waals surface area contributed by atoms with Crippen molar-refractivity contribution in [1.29, 1.82) is 0 Å². The first-order valence-corrected chi connectivity index (χ1v) is 14.0. The molecule has 0 nitrogen and oxygen atoms in total. The van der Waals surface area contributed by atoms with E-state index in [0.29, 0.717) is 0 Å². The number of hydrogen-bond donors (Lipinski definition) is 0. The normalized spacial score (nSPS) is 23.6. The molecule has 0 aliphatic carbocycles. The maximum absolute atomic E-state index is 2.63. The summed E-state index contributed by atoms with van der Waals surface area (Å²) >= 11 is 0. The zero-order valence-electron chi connectivity index (χ0n) is 12.9. The van der Waals surface area contributed by atoms with Gasteiger partial charge in [0.05, 0.1) is 16.1 Å². The van der Waals surface area contributed by atoms with Gasteiger partial charge in [-0.15, -0.1) is 0 Å². The molecule has 0 atom stereocenters. The fraction of sp³-hybridized carbons (Fsp3) is 0.867. The second-order valence-corrected chi connectivity index (χ2v) is 16.8. The van der Waals surface area contributed by atoms with Crippen LogP contribution < -0.4 is 0 Å². The maximum Gasteiger partial charge on any atom is 0.0749 e. The van der Waals surface area contributed by atoms with E-state index in [1.165, 1.54) is 32.1 Å². The van der Waals surface area contributed by atoms with Crippen molar-refractivity contribution in [1.82, 2.24) is 0 Å². The summed E-state index contributed by atoms with van der Waals surface area (Å²) in [6.45, 7) is 15.2. The summed E-state index contributed by atoms with van der Waals surface area (Å²) in [5.74, 6) is 0. The van der Waals surface area contributed by atoms with Crippen LogP contribution in [-0.2, 0) is 0 Å². The van der Waals surface area contributed by atoms with Crippen LogP contribution in [0, 0.1) is 0 Å². The number of rotatable bonds is 4. The lowest BCUT2D eigenvalue weighted by atomic mass is 10.2. The van der Waals surface area contributed by atoms with Gasteiger partial charge >= 0.3 is 0 Å². The molecule has 0 fully saturated rings. The fourth-order valence-corrected chi connectivity index (χ4v) is 12.4. The fourth-order valence-electron chi connectivity index (χ4n) is 3.57. The van der Waals surface area contributed by atoms with Gasteiger partial charge in [-0.3, -0.25) is 0 Å². The Bertz CT molecular complexity index is 259. The van der Waals surface area contributed by atoms with E-state index in [1.54, 1.807) is 12.1 Å². The van der Waals surface area contributed by atoms with Gasteiger partial charge in [0.25, 0.3) is 0 Å². The lowest BCUT2D eigenvalue weighted by Crippen LogP contribution is -2.33. The lowest BCUT2D eigenvalue weighted by Gasteiger charge is -2.31. The first-order valence-electron chi connectivity index (χ1n) is 7.58. The zero-order chi connectivity index (χ0) is 13.1. The first-order chi connectivity index (χ1) is 7.85. The summed E-state index contributed by atoms with van der Waals surface area (Å²) in [6.07, 6.45) is 7.03. The number of allylic oxidation sites excluding steroid dienone is 2. The molecule has 17 heavy (non-hydrogen) atoms. The molecule has 0 aromatic carbocycles. The van der Waals surface area contributed by atoms with E-state index in [2.05, 4.69) is 40.0 Å². The molecule has 1 heterocycles. The molecule has 1 aliphatic rings. The smallest absolute Gasteiger partial charge is 0.0749 e. The van der Waals surface area contributed by atoms with Crippen molar-refractivity contribution in [3.63, 3.8) is 0 Å². The topological polar surface area (TPSA) is 0 Å². The standard InChI is InChI=1S/C15H32Si2/c1-7-10-14-15(11-8-2)17(5,6)13-9-12-16(14,3)4/h7-13H2,1-6H3. The summed E-state index contributed by atoms with van der Waals surface area (Å²) in [7, 11) is -2.13. The molecule has 0 bridgehead atoms. The van der Waals surface area contributed by atoms with Crippen molar-refractivity contribution in [3.8, 4) is 0 Å². The Morgan fingerprint density at radius 2 is 1.12 bits per heavy atom. The molecule has 0 unspecified atom stereocenters. The van der Waals surface area contributed by atoms with Crippen molar-refractivity contribution in [2.75, 3.05) is 0 Å². The minimum atomic E-state index is -1.07. The van der Waals surface area contributed by atoms with Gasteiger partial charge in [-0.2, -0.15) is 0 Å². The second-order valence-electron chi connectivity index (χ2n) is 7.08. The summed E-state index contributed by atoms with van der Waals surface area (Å²) < 4.78 is 0. The molecule has 1 aliphatic heterocycles. The lowest BCUT2D eigenvalue weighted by molar-refractivity contribution is 0.885. The molecular formula is C15H32Si2. The van der Waals surface area contributed by atoms with E-state index in [0.717, 1.165) is 0 Å². The van der Waals surface area contributed by atoms with Gasteiger partial charge in [0.1, 0.15) is 0 Å². The molecule has 0 N–H and O–H groups in total. The van der Waals surface area contributed by atoms with Crippen molar-refractivity contribution in [3.05, 3.63) is 10.4 Å².